The lowest BCUT2D eigenvalue weighted by atomic mass is 9.81. The minimum atomic E-state index is -0.234. The number of halogens is 1. The zero-order valence-corrected chi connectivity index (χ0v) is 12.4. The highest BCUT2D eigenvalue weighted by Gasteiger charge is 2.21. The van der Waals surface area contributed by atoms with E-state index in [0.29, 0.717) is 11.1 Å². The quantitative estimate of drug-likeness (QED) is 0.703. The van der Waals surface area contributed by atoms with Gasteiger partial charge in [-0.15, -0.1) is 4.91 Å². The zero-order chi connectivity index (χ0) is 15.7. The molecule has 2 nitrogen and oxygen atoms in total. The maximum Gasteiger partial charge on any atom is 0.131 e. The summed E-state index contributed by atoms with van der Waals surface area (Å²) in [5.74, 6) is -0.234. The molecule has 3 rings (SSSR count). The molecule has 3 heteroatoms. The lowest BCUT2D eigenvalue weighted by Gasteiger charge is -2.23. The first kappa shape index (κ1) is 14.4. The second kappa shape index (κ2) is 5.68. The molecule has 0 amide bonds. The number of rotatable bonds is 3. The Labute approximate surface area is 129 Å². The van der Waals surface area contributed by atoms with Gasteiger partial charge in [0.1, 0.15) is 11.5 Å². The van der Waals surface area contributed by atoms with Crippen molar-refractivity contribution in [1.82, 2.24) is 0 Å². The average Bonchev–Trinajstić information content (AvgIpc) is 2.54. The number of benzene rings is 2. The van der Waals surface area contributed by atoms with Crippen molar-refractivity contribution in [2.24, 2.45) is 5.18 Å². The Kier molecular flexibility index (Phi) is 3.72. The molecule has 1 aliphatic rings. The summed E-state index contributed by atoms with van der Waals surface area (Å²) in [5, 5.41) is 2.91. The molecule has 0 saturated heterocycles. The van der Waals surface area contributed by atoms with Gasteiger partial charge < -0.3 is 0 Å². The van der Waals surface area contributed by atoms with Crippen LogP contribution in [0.1, 0.15) is 35.6 Å². The molecular formula is C19H16FNO. The fourth-order valence-corrected chi connectivity index (χ4v) is 2.98. The molecule has 110 valence electrons. The van der Waals surface area contributed by atoms with Gasteiger partial charge in [-0.2, -0.15) is 0 Å². The Balaban J connectivity index is 2.22. The van der Waals surface area contributed by atoms with Gasteiger partial charge in [-0.1, -0.05) is 42.5 Å². The normalized spacial score (nSPS) is 13.7. The van der Waals surface area contributed by atoms with Gasteiger partial charge in [0.15, 0.2) is 0 Å². The molecule has 0 aromatic heterocycles. The van der Waals surface area contributed by atoms with Gasteiger partial charge >= 0.3 is 0 Å². The maximum absolute atomic E-state index is 14.2. The Morgan fingerprint density at radius 1 is 1.14 bits per heavy atom. The molecule has 1 aliphatic carbocycles. The molecule has 22 heavy (non-hydrogen) atoms. The van der Waals surface area contributed by atoms with Crippen LogP contribution in [0.3, 0.4) is 0 Å². The van der Waals surface area contributed by atoms with E-state index in [1.807, 2.05) is 31.2 Å². The summed E-state index contributed by atoms with van der Waals surface area (Å²) >= 11 is 0. The summed E-state index contributed by atoms with van der Waals surface area (Å²) in [5.41, 5.74) is 5.67. The van der Waals surface area contributed by atoms with Crippen LogP contribution in [-0.4, -0.2) is 0 Å². The molecule has 0 fully saturated rings. The number of fused-ring (bicyclic) bond motifs is 1. The van der Waals surface area contributed by atoms with Crippen LogP contribution in [0, 0.1) is 10.7 Å². The first-order valence-corrected chi connectivity index (χ1v) is 7.22. The van der Waals surface area contributed by atoms with Crippen LogP contribution in [0.25, 0.3) is 11.3 Å². The van der Waals surface area contributed by atoms with Crippen LogP contribution in [0.15, 0.2) is 59.8 Å². The number of nitrogens with zero attached hydrogens (tertiary/aromatic N) is 1. The van der Waals surface area contributed by atoms with Gasteiger partial charge in [0.05, 0.1) is 0 Å². The van der Waals surface area contributed by atoms with Crippen molar-refractivity contribution in [2.45, 2.75) is 19.8 Å². The Bertz CT molecular complexity index is 805. The molecule has 2 aromatic carbocycles. The van der Waals surface area contributed by atoms with Gasteiger partial charge in [-0.25, -0.2) is 4.39 Å². The molecule has 0 bridgehead atoms. The number of allylic oxidation sites excluding steroid dienone is 1. The van der Waals surface area contributed by atoms with E-state index in [4.69, 9.17) is 0 Å². The Morgan fingerprint density at radius 2 is 1.91 bits per heavy atom. The summed E-state index contributed by atoms with van der Waals surface area (Å²) in [7, 11) is 0. The highest BCUT2D eigenvalue weighted by molar-refractivity contribution is 5.86. The molecular weight excluding hydrogens is 277 g/mol. The second-order valence-corrected chi connectivity index (χ2v) is 5.55. The van der Waals surface area contributed by atoms with E-state index >= 15 is 0 Å². The fraction of sp³-hybridized carbons (Fsp3) is 0.158. The van der Waals surface area contributed by atoms with Crippen molar-refractivity contribution >= 4 is 11.3 Å². The summed E-state index contributed by atoms with van der Waals surface area (Å²) in [6.45, 7) is 5.69. The molecule has 0 spiro atoms. The molecule has 0 atom stereocenters. The third-order valence-electron chi connectivity index (χ3n) is 4.16. The van der Waals surface area contributed by atoms with Crippen LogP contribution in [-0.2, 0) is 6.42 Å². The topological polar surface area (TPSA) is 29.4 Å². The molecule has 0 saturated carbocycles. The van der Waals surface area contributed by atoms with Crippen molar-refractivity contribution in [3.63, 3.8) is 0 Å². The lowest BCUT2D eigenvalue weighted by molar-refractivity contribution is 0.623. The third kappa shape index (κ3) is 2.39. The van der Waals surface area contributed by atoms with E-state index in [1.54, 1.807) is 12.1 Å². The van der Waals surface area contributed by atoms with Crippen molar-refractivity contribution in [1.29, 1.82) is 0 Å². The summed E-state index contributed by atoms with van der Waals surface area (Å²) in [6.07, 6.45) is 1.82. The zero-order valence-electron chi connectivity index (χ0n) is 12.4. The average molecular weight is 293 g/mol. The molecule has 0 heterocycles. The van der Waals surface area contributed by atoms with E-state index in [2.05, 4.69) is 11.8 Å². The molecule has 0 unspecified atom stereocenters. The minimum Gasteiger partial charge on any atom is -0.206 e. The first-order chi connectivity index (χ1) is 10.6. The van der Waals surface area contributed by atoms with Crippen molar-refractivity contribution in [3.8, 4) is 0 Å². The Morgan fingerprint density at radius 3 is 2.64 bits per heavy atom. The smallest absolute Gasteiger partial charge is 0.131 e. The van der Waals surface area contributed by atoms with Gasteiger partial charge in [-0.3, -0.25) is 0 Å². The first-order valence-electron chi connectivity index (χ1n) is 7.22. The van der Waals surface area contributed by atoms with Gasteiger partial charge in [0, 0.05) is 11.1 Å². The summed E-state index contributed by atoms with van der Waals surface area (Å²) in [4.78, 5) is 10.7. The van der Waals surface area contributed by atoms with Crippen LogP contribution in [0.2, 0.25) is 0 Å². The van der Waals surface area contributed by atoms with E-state index < -0.39 is 0 Å². The van der Waals surface area contributed by atoms with E-state index in [1.165, 1.54) is 6.07 Å². The SMILES string of the molecule is C=C(N=O)c1ccc2c(c1)C(c1ccccc1F)=C(C)CC2. The minimum absolute atomic E-state index is 0.193. The molecule has 2 aromatic rings. The van der Waals surface area contributed by atoms with Crippen molar-refractivity contribution in [2.75, 3.05) is 0 Å². The van der Waals surface area contributed by atoms with E-state index in [0.717, 1.165) is 35.1 Å². The number of hydrogen-bond donors (Lipinski definition) is 0. The van der Waals surface area contributed by atoms with Gasteiger partial charge in [0.25, 0.3) is 0 Å². The number of nitroso groups, excluding NO2 is 1. The highest BCUT2D eigenvalue weighted by atomic mass is 19.1. The monoisotopic (exact) mass is 293 g/mol. The predicted octanol–water partition coefficient (Wildman–Crippen LogP) is 5.33. The van der Waals surface area contributed by atoms with E-state index in [-0.39, 0.29) is 11.5 Å². The van der Waals surface area contributed by atoms with Crippen LogP contribution < -0.4 is 0 Å². The van der Waals surface area contributed by atoms with Crippen LogP contribution in [0.5, 0.6) is 0 Å². The third-order valence-corrected chi connectivity index (χ3v) is 4.16. The molecule has 0 radical (unpaired) electrons. The summed E-state index contributed by atoms with van der Waals surface area (Å²) in [6, 6.07) is 12.5. The predicted molar refractivity (Wildman–Crippen MR) is 87.7 cm³/mol. The number of hydrogen-bond acceptors (Lipinski definition) is 2. The largest absolute Gasteiger partial charge is 0.206 e. The van der Waals surface area contributed by atoms with Crippen molar-refractivity contribution in [3.05, 3.63) is 87.6 Å². The number of aryl methyl sites for hydroxylation is 1. The lowest BCUT2D eigenvalue weighted by Crippen LogP contribution is -2.06. The maximum atomic E-state index is 14.2. The van der Waals surface area contributed by atoms with Crippen LogP contribution in [0.4, 0.5) is 4.39 Å². The van der Waals surface area contributed by atoms with Crippen LogP contribution >= 0.6 is 0 Å². The summed E-state index contributed by atoms with van der Waals surface area (Å²) < 4.78 is 14.2. The molecule has 0 aliphatic heterocycles. The second-order valence-electron chi connectivity index (χ2n) is 5.55. The fourth-order valence-electron chi connectivity index (χ4n) is 2.98. The Hall–Kier alpha value is -2.55. The molecule has 0 N–H and O–H groups in total. The van der Waals surface area contributed by atoms with Gasteiger partial charge in [-0.05, 0) is 53.8 Å². The highest BCUT2D eigenvalue weighted by Crippen LogP contribution is 2.38. The van der Waals surface area contributed by atoms with Crippen molar-refractivity contribution < 1.29 is 4.39 Å². The van der Waals surface area contributed by atoms with E-state index in [9.17, 15) is 9.30 Å². The van der Waals surface area contributed by atoms with Gasteiger partial charge in [0.2, 0.25) is 0 Å². The standard InChI is InChI=1S/C19H16FNO/c1-12-7-8-14-9-10-15(13(2)21-22)11-17(14)19(12)16-5-3-4-6-18(16)20/h3-6,9-11H,2,7-8H2,1H3.